The predicted octanol–water partition coefficient (Wildman–Crippen LogP) is 1.49. The fourth-order valence-electron chi connectivity index (χ4n) is 3.35. The van der Waals surface area contributed by atoms with E-state index in [4.69, 9.17) is 4.74 Å². The Hall–Kier alpha value is -2.52. The van der Waals surface area contributed by atoms with E-state index in [1.54, 1.807) is 0 Å². The zero-order valence-corrected chi connectivity index (χ0v) is 19.3. The molecule has 1 aromatic carbocycles. The minimum Gasteiger partial charge on any atom is -0.488 e. The fraction of sp³-hybridized carbons (Fsp3) is 0.545. The second-order valence-electron chi connectivity index (χ2n) is 8.19. The van der Waals surface area contributed by atoms with Gasteiger partial charge in [0, 0.05) is 18.8 Å². The van der Waals surface area contributed by atoms with Gasteiger partial charge in [-0.25, -0.2) is 0 Å². The number of aromatic nitrogens is 2. The van der Waals surface area contributed by atoms with Gasteiger partial charge in [-0.3, -0.25) is 9.59 Å². The largest absolute Gasteiger partial charge is 0.488 e. The first-order valence-corrected chi connectivity index (χ1v) is 11.7. The molecule has 0 bridgehead atoms. The molecule has 1 fully saturated rings. The Morgan fingerprint density at radius 1 is 1.16 bits per heavy atom. The van der Waals surface area contributed by atoms with Crippen molar-refractivity contribution in [3.63, 3.8) is 0 Å². The Balaban J connectivity index is 1.31. The Bertz CT molecular complexity index is 860. The summed E-state index contributed by atoms with van der Waals surface area (Å²) in [5.74, 6) is 1.01. The van der Waals surface area contributed by atoms with Crippen LogP contribution in [0, 0.1) is 6.92 Å². The van der Waals surface area contributed by atoms with Crippen molar-refractivity contribution in [3.05, 3.63) is 34.8 Å². The van der Waals surface area contributed by atoms with E-state index in [0.29, 0.717) is 24.8 Å². The maximum Gasteiger partial charge on any atom is 0.226 e. The van der Waals surface area contributed by atoms with Crippen LogP contribution in [-0.4, -0.2) is 66.2 Å². The first-order valence-electron chi connectivity index (χ1n) is 10.8. The van der Waals surface area contributed by atoms with Gasteiger partial charge < -0.3 is 19.9 Å². The third-order valence-electron chi connectivity index (χ3n) is 5.32. The highest BCUT2D eigenvalue weighted by Crippen LogP contribution is 2.22. The number of rotatable bonds is 9. The van der Waals surface area contributed by atoms with E-state index in [0.717, 1.165) is 30.4 Å². The fourth-order valence-corrected chi connectivity index (χ4v) is 4.11. The summed E-state index contributed by atoms with van der Waals surface area (Å²) in [5.41, 5.74) is 1.22. The number of nitrogens with zero attached hydrogens (tertiary/aromatic N) is 3. The number of ether oxygens (including phenoxy) is 1. The van der Waals surface area contributed by atoms with Gasteiger partial charge in [0.2, 0.25) is 16.9 Å². The number of carbonyl (C=O) groups excluding carboxylic acids is 2. The van der Waals surface area contributed by atoms with Gasteiger partial charge in [0.25, 0.3) is 0 Å². The first-order chi connectivity index (χ1) is 14.9. The second-order valence-corrected chi connectivity index (χ2v) is 9.20. The van der Waals surface area contributed by atoms with Crippen molar-refractivity contribution in [2.75, 3.05) is 44.6 Å². The van der Waals surface area contributed by atoms with Crippen molar-refractivity contribution in [2.45, 2.75) is 39.5 Å². The van der Waals surface area contributed by atoms with Crippen LogP contribution < -0.4 is 15.0 Å². The number of hydrogen-bond acceptors (Lipinski definition) is 6. The van der Waals surface area contributed by atoms with E-state index in [1.165, 1.54) is 21.8 Å². The molecule has 1 aliphatic heterocycles. The van der Waals surface area contributed by atoms with Crippen LogP contribution in [0.3, 0.4) is 0 Å². The summed E-state index contributed by atoms with van der Waals surface area (Å²) in [6.45, 7) is 10.9. The average Bonchev–Trinajstić information content (AvgIpc) is 3.23. The molecule has 1 saturated heterocycles. The summed E-state index contributed by atoms with van der Waals surface area (Å²) in [7, 11) is 0. The topological polar surface area (TPSA) is 88.9 Å². The highest BCUT2D eigenvalue weighted by Gasteiger charge is 2.24. The molecule has 0 unspecified atom stereocenters. The molecule has 1 aliphatic rings. The molecule has 2 heterocycles. The second kappa shape index (κ2) is 11.2. The molecule has 0 radical (unpaired) electrons. The Kier molecular flexibility index (Phi) is 8.36. The molecule has 2 N–H and O–H groups in total. The molecule has 2 amide bonds. The lowest BCUT2D eigenvalue weighted by Gasteiger charge is -2.32. The molecule has 9 heteroatoms. The number of quaternary nitrogens is 1. The van der Waals surface area contributed by atoms with Crippen LogP contribution in [0.5, 0.6) is 5.75 Å². The normalized spacial score (nSPS) is 14.6. The van der Waals surface area contributed by atoms with Gasteiger partial charge in [0.15, 0.2) is 0 Å². The zero-order valence-electron chi connectivity index (χ0n) is 18.5. The van der Waals surface area contributed by atoms with Crippen molar-refractivity contribution < 1.29 is 19.2 Å². The maximum absolute atomic E-state index is 12.5. The third kappa shape index (κ3) is 7.29. The first kappa shape index (κ1) is 23.1. The van der Waals surface area contributed by atoms with Crippen molar-refractivity contribution in [3.8, 4) is 5.75 Å². The number of benzene rings is 1. The van der Waals surface area contributed by atoms with Crippen LogP contribution in [0.4, 0.5) is 5.13 Å². The summed E-state index contributed by atoms with van der Waals surface area (Å²) >= 11 is 1.37. The van der Waals surface area contributed by atoms with Gasteiger partial charge in [-0.05, 0) is 19.1 Å². The van der Waals surface area contributed by atoms with Gasteiger partial charge in [-0.2, -0.15) is 0 Å². The van der Waals surface area contributed by atoms with Crippen molar-refractivity contribution in [2.24, 2.45) is 0 Å². The number of aryl methyl sites for hydroxylation is 1. The smallest absolute Gasteiger partial charge is 0.226 e. The number of carbonyl (C=O) groups is 2. The molecule has 3 rings (SSSR count). The van der Waals surface area contributed by atoms with Crippen LogP contribution in [0.2, 0.25) is 0 Å². The number of piperazine rings is 1. The highest BCUT2D eigenvalue weighted by molar-refractivity contribution is 7.15. The lowest BCUT2D eigenvalue weighted by molar-refractivity contribution is -0.904. The molecular weight excluding hydrogens is 414 g/mol. The van der Waals surface area contributed by atoms with E-state index < -0.39 is 0 Å². The Morgan fingerprint density at radius 3 is 2.52 bits per heavy atom. The SMILES string of the molecule is Cc1ccc(OCC[NH+]2CCN(C(=O)CCC(=O)Nc3nnc(C(C)C)s3)CC2)cc1. The lowest BCUT2D eigenvalue weighted by atomic mass is 10.2. The van der Waals surface area contributed by atoms with E-state index in [-0.39, 0.29) is 30.6 Å². The molecule has 31 heavy (non-hydrogen) atoms. The minimum absolute atomic E-state index is 0.0326. The van der Waals surface area contributed by atoms with Crippen molar-refractivity contribution >= 4 is 28.3 Å². The molecule has 1 aromatic heterocycles. The summed E-state index contributed by atoms with van der Waals surface area (Å²) < 4.78 is 5.81. The molecular formula is C22H32N5O3S+. The van der Waals surface area contributed by atoms with Gasteiger partial charge in [-0.1, -0.05) is 42.9 Å². The molecule has 168 valence electrons. The third-order valence-corrected chi connectivity index (χ3v) is 6.45. The van der Waals surface area contributed by atoms with Crippen LogP contribution in [0.25, 0.3) is 0 Å². The van der Waals surface area contributed by atoms with Gasteiger partial charge >= 0.3 is 0 Å². The van der Waals surface area contributed by atoms with Crippen LogP contribution >= 0.6 is 11.3 Å². The number of amides is 2. The average molecular weight is 447 g/mol. The standard InChI is InChI=1S/C22H31N5O3S/c1-16(2)21-24-25-22(31-21)23-19(28)8-9-20(29)27-12-10-26(11-13-27)14-15-30-18-6-4-17(3)5-7-18/h4-7,16H,8-15H2,1-3H3,(H,23,25,28)/p+1. The lowest BCUT2D eigenvalue weighted by Crippen LogP contribution is -3.15. The molecule has 8 nitrogen and oxygen atoms in total. The van der Waals surface area contributed by atoms with Crippen LogP contribution in [0.15, 0.2) is 24.3 Å². The monoisotopic (exact) mass is 446 g/mol. The van der Waals surface area contributed by atoms with Gasteiger partial charge in [0.1, 0.15) is 23.9 Å². The summed E-state index contributed by atoms with van der Waals surface area (Å²) in [5, 5.41) is 12.1. The minimum atomic E-state index is -0.197. The molecule has 0 saturated carbocycles. The van der Waals surface area contributed by atoms with E-state index >= 15 is 0 Å². The van der Waals surface area contributed by atoms with E-state index in [9.17, 15) is 9.59 Å². The Morgan fingerprint density at radius 2 is 1.87 bits per heavy atom. The highest BCUT2D eigenvalue weighted by atomic mass is 32.1. The predicted molar refractivity (Wildman–Crippen MR) is 121 cm³/mol. The molecule has 0 atom stereocenters. The summed E-state index contributed by atoms with van der Waals surface area (Å²) in [6.07, 6.45) is 0.375. The molecule has 2 aromatic rings. The van der Waals surface area contributed by atoms with Crippen LogP contribution in [-0.2, 0) is 9.59 Å². The van der Waals surface area contributed by atoms with Crippen LogP contribution in [0.1, 0.15) is 43.2 Å². The molecule has 0 aliphatic carbocycles. The van der Waals surface area contributed by atoms with Crippen molar-refractivity contribution in [1.29, 1.82) is 0 Å². The molecule has 0 spiro atoms. The Labute approximate surface area is 187 Å². The van der Waals surface area contributed by atoms with E-state index in [2.05, 4.69) is 22.4 Å². The van der Waals surface area contributed by atoms with Crippen molar-refractivity contribution in [1.82, 2.24) is 15.1 Å². The summed E-state index contributed by atoms with van der Waals surface area (Å²) in [4.78, 5) is 27.9. The van der Waals surface area contributed by atoms with Gasteiger partial charge in [-0.15, -0.1) is 10.2 Å². The zero-order chi connectivity index (χ0) is 22.2. The van der Waals surface area contributed by atoms with E-state index in [1.807, 2.05) is 43.0 Å². The number of hydrogen-bond donors (Lipinski definition) is 2. The maximum atomic E-state index is 12.5. The van der Waals surface area contributed by atoms with Gasteiger partial charge in [0.05, 0.1) is 26.2 Å². The summed E-state index contributed by atoms with van der Waals surface area (Å²) in [6, 6.07) is 8.07. The number of nitrogens with one attached hydrogen (secondary N) is 2. The quantitative estimate of drug-likeness (QED) is 0.609. The number of anilines is 1.